The lowest BCUT2D eigenvalue weighted by atomic mass is 9.93. The summed E-state index contributed by atoms with van der Waals surface area (Å²) < 4.78 is 5.84. The van der Waals surface area contributed by atoms with E-state index in [1.807, 2.05) is 18.2 Å². The van der Waals surface area contributed by atoms with Crippen LogP contribution in [0, 0.1) is 0 Å². The van der Waals surface area contributed by atoms with Crippen LogP contribution < -0.4 is 0 Å². The van der Waals surface area contributed by atoms with Crippen molar-refractivity contribution in [3.8, 4) is 0 Å². The van der Waals surface area contributed by atoms with Crippen molar-refractivity contribution in [2.45, 2.75) is 24.9 Å². The van der Waals surface area contributed by atoms with Crippen LogP contribution in [0.2, 0.25) is 5.02 Å². The molecule has 1 aliphatic heterocycles. The molecule has 0 N–H and O–H groups in total. The molecule has 1 nitrogen and oxygen atoms in total. The Morgan fingerprint density at radius 1 is 1.40 bits per heavy atom. The Hall–Kier alpha value is -0.0500. The van der Waals surface area contributed by atoms with E-state index in [-0.39, 0.29) is 5.60 Å². The summed E-state index contributed by atoms with van der Waals surface area (Å²) in [7, 11) is 0. The maximum Gasteiger partial charge on any atom is 0.0820 e. The molecular formula is C12H14BrClO. The Bertz CT molecular complexity index is 334. The summed E-state index contributed by atoms with van der Waals surface area (Å²) in [6, 6.07) is 8.00. The molecule has 1 atom stereocenters. The van der Waals surface area contributed by atoms with Crippen molar-refractivity contribution in [3.63, 3.8) is 0 Å². The number of halogens is 2. The zero-order valence-electron chi connectivity index (χ0n) is 8.51. The molecule has 1 unspecified atom stereocenters. The molecule has 1 aliphatic rings. The lowest BCUT2D eigenvalue weighted by molar-refractivity contribution is 0.0260. The van der Waals surface area contributed by atoms with Crippen molar-refractivity contribution in [2.75, 3.05) is 11.9 Å². The van der Waals surface area contributed by atoms with Crippen LogP contribution in [0.15, 0.2) is 24.3 Å². The third kappa shape index (κ3) is 2.55. The van der Waals surface area contributed by atoms with E-state index in [9.17, 15) is 0 Å². The Morgan fingerprint density at radius 3 is 2.80 bits per heavy atom. The zero-order chi connectivity index (χ0) is 10.7. The first-order valence-electron chi connectivity index (χ1n) is 5.19. The van der Waals surface area contributed by atoms with Crippen molar-refractivity contribution in [3.05, 3.63) is 34.9 Å². The fourth-order valence-corrected chi connectivity index (χ4v) is 2.88. The molecule has 0 aromatic heterocycles. The van der Waals surface area contributed by atoms with Crippen molar-refractivity contribution in [1.82, 2.24) is 0 Å². The van der Waals surface area contributed by atoms with E-state index >= 15 is 0 Å². The number of ether oxygens (including phenoxy) is 1. The molecule has 1 aromatic carbocycles. The van der Waals surface area contributed by atoms with Crippen LogP contribution in [0.25, 0.3) is 0 Å². The monoisotopic (exact) mass is 288 g/mol. The number of alkyl halides is 1. The second-order valence-electron chi connectivity index (χ2n) is 4.04. The highest BCUT2D eigenvalue weighted by Crippen LogP contribution is 2.33. The molecule has 82 valence electrons. The molecule has 0 spiro atoms. The quantitative estimate of drug-likeness (QED) is 0.769. The predicted octanol–water partition coefficient (Wildman–Crippen LogP) is 3.83. The number of hydrogen-bond donors (Lipinski definition) is 0. The average Bonchev–Trinajstić information content (AvgIpc) is 2.71. The van der Waals surface area contributed by atoms with Gasteiger partial charge in [0, 0.05) is 23.4 Å². The van der Waals surface area contributed by atoms with Gasteiger partial charge in [-0.25, -0.2) is 0 Å². The molecule has 1 heterocycles. The van der Waals surface area contributed by atoms with Crippen LogP contribution >= 0.6 is 27.5 Å². The fraction of sp³-hybridized carbons (Fsp3) is 0.500. The largest absolute Gasteiger partial charge is 0.374 e. The van der Waals surface area contributed by atoms with Gasteiger partial charge in [0.05, 0.1) is 5.60 Å². The maximum atomic E-state index is 6.15. The highest BCUT2D eigenvalue weighted by Gasteiger charge is 2.34. The Kier molecular flexibility index (Phi) is 3.70. The van der Waals surface area contributed by atoms with E-state index in [4.69, 9.17) is 16.3 Å². The zero-order valence-corrected chi connectivity index (χ0v) is 10.9. The lowest BCUT2D eigenvalue weighted by Crippen LogP contribution is -2.32. The Labute approximate surface area is 104 Å². The minimum Gasteiger partial charge on any atom is -0.374 e. The van der Waals surface area contributed by atoms with E-state index in [1.54, 1.807) is 0 Å². The second kappa shape index (κ2) is 4.86. The molecule has 1 saturated heterocycles. The SMILES string of the molecule is Clc1ccccc1CC1(CBr)CCCO1. The van der Waals surface area contributed by atoms with E-state index in [2.05, 4.69) is 22.0 Å². The van der Waals surface area contributed by atoms with Gasteiger partial charge in [0.1, 0.15) is 0 Å². The van der Waals surface area contributed by atoms with Gasteiger partial charge in [0.25, 0.3) is 0 Å². The molecule has 1 aromatic rings. The van der Waals surface area contributed by atoms with Gasteiger partial charge in [-0.2, -0.15) is 0 Å². The van der Waals surface area contributed by atoms with E-state index in [0.717, 1.165) is 36.2 Å². The summed E-state index contributed by atoms with van der Waals surface area (Å²) in [6.07, 6.45) is 3.16. The number of benzene rings is 1. The van der Waals surface area contributed by atoms with E-state index < -0.39 is 0 Å². The van der Waals surface area contributed by atoms with Crippen molar-refractivity contribution in [1.29, 1.82) is 0 Å². The van der Waals surface area contributed by atoms with Gasteiger partial charge in [-0.1, -0.05) is 45.7 Å². The fourth-order valence-electron chi connectivity index (χ4n) is 2.04. The van der Waals surface area contributed by atoms with Gasteiger partial charge in [-0.05, 0) is 24.5 Å². The highest BCUT2D eigenvalue weighted by molar-refractivity contribution is 9.09. The summed E-state index contributed by atoms with van der Waals surface area (Å²) in [5, 5.41) is 1.72. The average molecular weight is 290 g/mol. The van der Waals surface area contributed by atoms with Crippen molar-refractivity contribution in [2.24, 2.45) is 0 Å². The van der Waals surface area contributed by atoms with Crippen molar-refractivity contribution < 1.29 is 4.74 Å². The molecule has 3 heteroatoms. The first-order valence-corrected chi connectivity index (χ1v) is 6.69. The number of hydrogen-bond acceptors (Lipinski definition) is 1. The summed E-state index contributed by atoms with van der Waals surface area (Å²) in [6.45, 7) is 0.871. The molecule has 1 fully saturated rings. The summed E-state index contributed by atoms with van der Waals surface area (Å²) in [5.74, 6) is 0. The topological polar surface area (TPSA) is 9.23 Å². The first-order chi connectivity index (χ1) is 7.26. The van der Waals surface area contributed by atoms with Crippen molar-refractivity contribution >= 4 is 27.5 Å². The van der Waals surface area contributed by atoms with Gasteiger partial charge in [0.2, 0.25) is 0 Å². The molecule has 0 amide bonds. The normalized spacial score (nSPS) is 25.7. The molecule has 2 rings (SSSR count). The van der Waals surface area contributed by atoms with Crippen LogP contribution in [0.1, 0.15) is 18.4 Å². The van der Waals surface area contributed by atoms with Crippen LogP contribution in [0.3, 0.4) is 0 Å². The van der Waals surface area contributed by atoms with Gasteiger partial charge in [-0.15, -0.1) is 0 Å². The maximum absolute atomic E-state index is 6.15. The van der Waals surface area contributed by atoms with Crippen LogP contribution in [0.4, 0.5) is 0 Å². The van der Waals surface area contributed by atoms with Gasteiger partial charge in [0.15, 0.2) is 0 Å². The van der Waals surface area contributed by atoms with E-state index in [0.29, 0.717) is 0 Å². The highest BCUT2D eigenvalue weighted by atomic mass is 79.9. The van der Waals surface area contributed by atoms with Crippen LogP contribution in [-0.4, -0.2) is 17.5 Å². The third-order valence-corrected chi connectivity index (χ3v) is 4.29. The minimum absolute atomic E-state index is 0.0367. The summed E-state index contributed by atoms with van der Waals surface area (Å²) in [5.41, 5.74) is 1.14. The molecule has 0 bridgehead atoms. The standard InChI is InChI=1S/C12H14BrClO/c13-9-12(6-3-7-15-12)8-10-4-1-2-5-11(10)14/h1-2,4-5H,3,6-9H2. The summed E-state index contributed by atoms with van der Waals surface area (Å²) >= 11 is 9.70. The van der Waals surface area contributed by atoms with Crippen LogP contribution in [0.5, 0.6) is 0 Å². The molecule has 15 heavy (non-hydrogen) atoms. The van der Waals surface area contributed by atoms with Gasteiger partial charge in [-0.3, -0.25) is 0 Å². The minimum atomic E-state index is -0.0367. The van der Waals surface area contributed by atoms with Gasteiger partial charge < -0.3 is 4.74 Å². The van der Waals surface area contributed by atoms with Crippen LogP contribution in [-0.2, 0) is 11.2 Å². The molecule has 0 saturated carbocycles. The molecular weight excluding hydrogens is 275 g/mol. The molecule has 0 aliphatic carbocycles. The number of rotatable bonds is 3. The Balaban J connectivity index is 2.16. The van der Waals surface area contributed by atoms with Gasteiger partial charge >= 0.3 is 0 Å². The lowest BCUT2D eigenvalue weighted by Gasteiger charge is -2.26. The summed E-state index contributed by atoms with van der Waals surface area (Å²) in [4.78, 5) is 0. The first kappa shape index (κ1) is 11.4. The molecule has 0 radical (unpaired) electrons. The Morgan fingerprint density at radius 2 is 2.20 bits per heavy atom. The third-order valence-electron chi connectivity index (χ3n) is 2.90. The predicted molar refractivity (Wildman–Crippen MR) is 66.9 cm³/mol. The second-order valence-corrected chi connectivity index (χ2v) is 5.00. The smallest absolute Gasteiger partial charge is 0.0820 e. The van der Waals surface area contributed by atoms with E-state index in [1.165, 1.54) is 5.56 Å².